The lowest BCUT2D eigenvalue weighted by Gasteiger charge is -2.44. The van der Waals surface area contributed by atoms with Gasteiger partial charge >= 0.3 is 0 Å². The van der Waals surface area contributed by atoms with Gasteiger partial charge < -0.3 is 10.2 Å². The Morgan fingerprint density at radius 1 is 1.40 bits per heavy atom. The molecule has 1 saturated carbocycles. The second-order valence-corrected chi connectivity index (χ2v) is 5.64. The van der Waals surface area contributed by atoms with E-state index in [2.05, 4.69) is 13.8 Å². The van der Waals surface area contributed by atoms with Gasteiger partial charge in [-0.2, -0.15) is 0 Å². The second kappa shape index (κ2) is 4.84. The normalized spacial score (nSPS) is 44.0. The van der Waals surface area contributed by atoms with E-state index in [0.29, 0.717) is 11.8 Å². The molecule has 1 fully saturated rings. The van der Waals surface area contributed by atoms with Crippen LogP contribution in [0.1, 0.15) is 53.4 Å². The largest absolute Gasteiger partial charge is 0.390 e. The molecule has 0 bridgehead atoms. The maximum absolute atomic E-state index is 10.1. The topological polar surface area (TPSA) is 40.5 Å². The zero-order valence-corrected chi connectivity index (χ0v) is 10.5. The molecule has 2 heteroatoms. The summed E-state index contributed by atoms with van der Waals surface area (Å²) < 4.78 is 0. The van der Waals surface area contributed by atoms with Gasteiger partial charge in [-0.3, -0.25) is 0 Å². The molecule has 0 saturated heterocycles. The van der Waals surface area contributed by atoms with Gasteiger partial charge in [-0.25, -0.2) is 0 Å². The third-order valence-corrected chi connectivity index (χ3v) is 4.40. The molecule has 0 aromatic rings. The van der Waals surface area contributed by atoms with Crippen LogP contribution in [0.2, 0.25) is 0 Å². The van der Waals surface area contributed by atoms with E-state index < -0.39 is 11.7 Å². The van der Waals surface area contributed by atoms with Crippen LogP contribution in [-0.2, 0) is 0 Å². The minimum absolute atomic E-state index is 0.200. The van der Waals surface area contributed by atoms with Crippen molar-refractivity contribution in [3.05, 3.63) is 0 Å². The second-order valence-electron chi connectivity index (χ2n) is 5.64. The molecular formula is C13H26O2. The van der Waals surface area contributed by atoms with Gasteiger partial charge in [-0.1, -0.05) is 33.6 Å². The van der Waals surface area contributed by atoms with Crippen molar-refractivity contribution in [3.8, 4) is 0 Å². The van der Waals surface area contributed by atoms with Crippen LogP contribution in [0.3, 0.4) is 0 Å². The number of hydrogen-bond donors (Lipinski definition) is 2. The van der Waals surface area contributed by atoms with E-state index in [9.17, 15) is 10.2 Å². The van der Waals surface area contributed by atoms with E-state index in [1.807, 2.05) is 6.92 Å². The standard InChI is InChI=1S/C13H26O2/c1-5-6-9(2)11-7-10(3)13(4,15)12(14)8-11/h9-12,14-15H,5-8H2,1-4H3/t9-,10-,11+,12+,13-/m1/s1. The number of aliphatic hydroxyl groups excluding tert-OH is 1. The Labute approximate surface area is 93.7 Å². The van der Waals surface area contributed by atoms with Gasteiger partial charge in [-0.05, 0) is 37.5 Å². The maximum Gasteiger partial charge on any atom is 0.0903 e. The molecule has 0 heterocycles. The van der Waals surface area contributed by atoms with Crippen LogP contribution >= 0.6 is 0 Å². The van der Waals surface area contributed by atoms with Gasteiger partial charge in [0.2, 0.25) is 0 Å². The molecule has 15 heavy (non-hydrogen) atoms. The van der Waals surface area contributed by atoms with E-state index >= 15 is 0 Å². The summed E-state index contributed by atoms with van der Waals surface area (Å²) in [6.45, 7) is 8.29. The zero-order valence-electron chi connectivity index (χ0n) is 10.5. The van der Waals surface area contributed by atoms with Crippen molar-refractivity contribution in [1.29, 1.82) is 0 Å². The summed E-state index contributed by atoms with van der Waals surface area (Å²) in [6, 6.07) is 0. The molecule has 0 spiro atoms. The number of aliphatic hydroxyl groups is 2. The van der Waals surface area contributed by atoms with Crippen molar-refractivity contribution >= 4 is 0 Å². The summed E-state index contributed by atoms with van der Waals surface area (Å²) in [4.78, 5) is 0. The van der Waals surface area contributed by atoms with Crippen molar-refractivity contribution in [2.45, 2.75) is 65.1 Å². The third-order valence-electron chi connectivity index (χ3n) is 4.40. The Morgan fingerprint density at radius 2 is 2.00 bits per heavy atom. The number of rotatable bonds is 3. The molecule has 1 rings (SSSR count). The highest BCUT2D eigenvalue weighted by molar-refractivity contribution is 4.94. The van der Waals surface area contributed by atoms with Crippen LogP contribution in [0.15, 0.2) is 0 Å². The summed E-state index contributed by atoms with van der Waals surface area (Å²) >= 11 is 0. The minimum Gasteiger partial charge on any atom is -0.390 e. The average molecular weight is 214 g/mol. The molecule has 0 radical (unpaired) electrons. The predicted molar refractivity (Wildman–Crippen MR) is 62.6 cm³/mol. The first-order valence-electron chi connectivity index (χ1n) is 6.30. The van der Waals surface area contributed by atoms with Gasteiger partial charge in [0.25, 0.3) is 0 Å². The maximum atomic E-state index is 10.1. The molecule has 2 N–H and O–H groups in total. The van der Waals surface area contributed by atoms with Crippen LogP contribution in [0.5, 0.6) is 0 Å². The lowest BCUT2D eigenvalue weighted by atomic mass is 9.67. The molecule has 0 aromatic heterocycles. The van der Waals surface area contributed by atoms with E-state index in [1.165, 1.54) is 12.8 Å². The fourth-order valence-corrected chi connectivity index (χ4v) is 2.80. The van der Waals surface area contributed by atoms with E-state index in [-0.39, 0.29) is 5.92 Å². The fraction of sp³-hybridized carbons (Fsp3) is 1.00. The Hall–Kier alpha value is -0.0800. The molecule has 90 valence electrons. The average Bonchev–Trinajstić information content (AvgIpc) is 2.14. The molecule has 1 aliphatic carbocycles. The summed E-state index contributed by atoms with van der Waals surface area (Å²) in [5.74, 6) is 1.45. The summed E-state index contributed by atoms with van der Waals surface area (Å²) in [5.41, 5.74) is -0.886. The summed E-state index contributed by atoms with van der Waals surface area (Å²) in [7, 11) is 0. The first-order chi connectivity index (χ1) is 6.89. The lowest BCUT2D eigenvalue weighted by molar-refractivity contribution is -0.137. The quantitative estimate of drug-likeness (QED) is 0.758. The van der Waals surface area contributed by atoms with Crippen molar-refractivity contribution < 1.29 is 10.2 Å². The molecule has 0 unspecified atom stereocenters. The van der Waals surface area contributed by atoms with Crippen LogP contribution in [0.25, 0.3) is 0 Å². The van der Waals surface area contributed by atoms with Gasteiger partial charge in [0.1, 0.15) is 0 Å². The molecule has 0 amide bonds. The first kappa shape index (κ1) is 13.0. The third kappa shape index (κ3) is 2.73. The minimum atomic E-state index is -0.886. The highest BCUT2D eigenvalue weighted by atomic mass is 16.3. The molecule has 2 nitrogen and oxygen atoms in total. The molecule has 1 aliphatic rings. The predicted octanol–water partition coefficient (Wildman–Crippen LogP) is 2.58. The zero-order chi connectivity index (χ0) is 11.6. The first-order valence-corrected chi connectivity index (χ1v) is 6.30. The Balaban J connectivity index is 2.60. The summed E-state index contributed by atoms with van der Waals surface area (Å²) in [5, 5.41) is 20.0. The van der Waals surface area contributed by atoms with Gasteiger partial charge in [0.15, 0.2) is 0 Å². The van der Waals surface area contributed by atoms with E-state index in [0.717, 1.165) is 12.8 Å². The highest BCUT2D eigenvalue weighted by Gasteiger charge is 2.43. The lowest BCUT2D eigenvalue weighted by Crippen LogP contribution is -2.51. The SMILES string of the molecule is CCC[C@@H](C)[C@H]1C[C@@H](C)[C@@](C)(O)[C@@H](O)C1. The van der Waals surface area contributed by atoms with E-state index in [4.69, 9.17) is 0 Å². The Kier molecular flexibility index (Phi) is 4.19. The van der Waals surface area contributed by atoms with Gasteiger partial charge in [0.05, 0.1) is 11.7 Å². The fourth-order valence-electron chi connectivity index (χ4n) is 2.80. The monoisotopic (exact) mass is 214 g/mol. The molecular weight excluding hydrogens is 188 g/mol. The van der Waals surface area contributed by atoms with Gasteiger partial charge in [0, 0.05) is 0 Å². The highest BCUT2D eigenvalue weighted by Crippen LogP contribution is 2.40. The Bertz CT molecular complexity index is 187. The van der Waals surface area contributed by atoms with Crippen molar-refractivity contribution in [2.75, 3.05) is 0 Å². The van der Waals surface area contributed by atoms with Crippen LogP contribution in [0.4, 0.5) is 0 Å². The summed E-state index contributed by atoms with van der Waals surface area (Å²) in [6.07, 6.45) is 3.69. The van der Waals surface area contributed by atoms with Crippen LogP contribution < -0.4 is 0 Å². The van der Waals surface area contributed by atoms with E-state index in [1.54, 1.807) is 6.92 Å². The van der Waals surface area contributed by atoms with Crippen LogP contribution in [-0.4, -0.2) is 21.9 Å². The van der Waals surface area contributed by atoms with Crippen molar-refractivity contribution in [2.24, 2.45) is 17.8 Å². The van der Waals surface area contributed by atoms with Crippen molar-refractivity contribution in [1.82, 2.24) is 0 Å². The smallest absolute Gasteiger partial charge is 0.0903 e. The number of hydrogen-bond acceptors (Lipinski definition) is 2. The van der Waals surface area contributed by atoms with Crippen LogP contribution in [0, 0.1) is 17.8 Å². The molecule has 0 aliphatic heterocycles. The Morgan fingerprint density at radius 3 is 2.47 bits per heavy atom. The van der Waals surface area contributed by atoms with Crippen molar-refractivity contribution in [3.63, 3.8) is 0 Å². The molecule has 0 aromatic carbocycles. The molecule has 5 atom stereocenters. The van der Waals surface area contributed by atoms with Gasteiger partial charge in [-0.15, -0.1) is 0 Å².